The molecule has 5 heteroatoms. The minimum atomic E-state index is -3.45. The largest absolute Gasteiger partial charge is 0.261 e. The zero-order valence-corrected chi connectivity index (χ0v) is 14.6. The van der Waals surface area contributed by atoms with Gasteiger partial charge in [-0.2, -0.15) is 4.31 Å². The lowest BCUT2D eigenvalue weighted by Crippen LogP contribution is -2.33. The number of likely N-dealkylation sites (N-methyl/N-ethyl adjacent to an activating group) is 1. The molecule has 0 unspecified atom stereocenters. The van der Waals surface area contributed by atoms with Crippen LogP contribution in [0.5, 0.6) is 0 Å². The highest BCUT2D eigenvalue weighted by molar-refractivity contribution is 7.89. The van der Waals surface area contributed by atoms with E-state index in [0.29, 0.717) is 24.4 Å². The van der Waals surface area contributed by atoms with Gasteiger partial charge in [0.1, 0.15) is 0 Å². The molecule has 0 fully saturated rings. The van der Waals surface area contributed by atoms with Gasteiger partial charge in [-0.05, 0) is 36.2 Å². The Labute approximate surface area is 139 Å². The summed E-state index contributed by atoms with van der Waals surface area (Å²) in [6.45, 7) is 4.86. The van der Waals surface area contributed by atoms with Crippen molar-refractivity contribution < 1.29 is 8.42 Å². The summed E-state index contributed by atoms with van der Waals surface area (Å²) >= 11 is 0. The first-order valence-corrected chi connectivity index (χ1v) is 9.51. The van der Waals surface area contributed by atoms with Crippen LogP contribution in [0.2, 0.25) is 0 Å². The molecule has 0 aliphatic carbocycles. The van der Waals surface area contributed by atoms with E-state index >= 15 is 0 Å². The van der Waals surface area contributed by atoms with Crippen LogP contribution in [-0.2, 0) is 22.9 Å². The van der Waals surface area contributed by atoms with Gasteiger partial charge in [0.05, 0.1) is 4.90 Å². The van der Waals surface area contributed by atoms with Crippen LogP contribution in [0, 0.1) is 0 Å². The van der Waals surface area contributed by atoms with Gasteiger partial charge in [-0.3, -0.25) is 4.98 Å². The number of nitrogens with zero attached hydrogens (tertiary/aromatic N) is 2. The Morgan fingerprint density at radius 3 is 2.30 bits per heavy atom. The second-order valence-electron chi connectivity index (χ2n) is 5.46. The standard InChI is InChI=1S/C18H24N2O2S/c1-3-7-16-9-11-18(12-10-16)23(21,22)20(4-2)15-13-17-8-5-6-14-19-17/h5-6,8-12,14H,3-4,7,13,15H2,1-2H3. The Morgan fingerprint density at radius 1 is 1.00 bits per heavy atom. The van der Waals surface area contributed by atoms with Crippen LogP contribution in [-0.4, -0.2) is 30.8 Å². The first-order chi connectivity index (χ1) is 11.1. The molecule has 1 aromatic carbocycles. The van der Waals surface area contributed by atoms with Gasteiger partial charge < -0.3 is 0 Å². The van der Waals surface area contributed by atoms with Gasteiger partial charge in [0.2, 0.25) is 10.0 Å². The van der Waals surface area contributed by atoms with Crippen molar-refractivity contribution in [1.82, 2.24) is 9.29 Å². The molecule has 0 spiro atoms. The second-order valence-corrected chi connectivity index (χ2v) is 7.40. The third-order valence-electron chi connectivity index (χ3n) is 3.80. The lowest BCUT2D eigenvalue weighted by molar-refractivity contribution is 0.429. The van der Waals surface area contributed by atoms with Gasteiger partial charge in [-0.1, -0.05) is 38.5 Å². The normalized spacial score (nSPS) is 11.8. The van der Waals surface area contributed by atoms with E-state index < -0.39 is 10.0 Å². The first kappa shape index (κ1) is 17.6. The molecule has 0 bridgehead atoms. The van der Waals surface area contributed by atoms with Crippen molar-refractivity contribution in [3.05, 3.63) is 59.9 Å². The van der Waals surface area contributed by atoms with Crippen LogP contribution in [0.15, 0.2) is 53.6 Å². The number of sulfonamides is 1. The summed E-state index contributed by atoms with van der Waals surface area (Å²) in [5.74, 6) is 0. The Hall–Kier alpha value is -1.72. The third kappa shape index (κ3) is 4.62. The predicted octanol–water partition coefficient (Wildman–Crippen LogP) is 3.29. The highest BCUT2D eigenvalue weighted by Gasteiger charge is 2.22. The summed E-state index contributed by atoms with van der Waals surface area (Å²) in [4.78, 5) is 4.61. The lowest BCUT2D eigenvalue weighted by Gasteiger charge is -2.20. The fourth-order valence-electron chi connectivity index (χ4n) is 2.50. The topological polar surface area (TPSA) is 50.3 Å². The van der Waals surface area contributed by atoms with E-state index in [9.17, 15) is 8.42 Å². The molecule has 124 valence electrons. The predicted molar refractivity (Wildman–Crippen MR) is 92.8 cm³/mol. The number of aryl methyl sites for hydroxylation is 1. The van der Waals surface area contributed by atoms with Gasteiger partial charge in [-0.25, -0.2) is 8.42 Å². The highest BCUT2D eigenvalue weighted by Crippen LogP contribution is 2.17. The van der Waals surface area contributed by atoms with Crippen molar-refractivity contribution in [1.29, 1.82) is 0 Å². The smallest absolute Gasteiger partial charge is 0.243 e. The molecule has 0 atom stereocenters. The summed E-state index contributed by atoms with van der Waals surface area (Å²) in [6, 6.07) is 12.9. The molecule has 0 amide bonds. The van der Waals surface area contributed by atoms with E-state index in [2.05, 4.69) is 11.9 Å². The quantitative estimate of drug-likeness (QED) is 0.745. The molecular formula is C18H24N2O2S. The van der Waals surface area contributed by atoms with E-state index in [1.165, 1.54) is 9.87 Å². The molecule has 0 N–H and O–H groups in total. The SMILES string of the molecule is CCCc1ccc(S(=O)(=O)N(CC)CCc2ccccn2)cc1. The monoisotopic (exact) mass is 332 g/mol. The maximum absolute atomic E-state index is 12.8. The van der Waals surface area contributed by atoms with Crippen LogP contribution in [0.1, 0.15) is 31.5 Å². The minimum Gasteiger partial charge on any atom is -0.261 e. The Morgan fingerprint density at radius 2 is 1.74 bits per heavy atom. The first-order valence-electron chi connectivity index (χ1n) is 8.07. The van der Waals surface area contributed by atoms with Crippen molar-refractivity contribution in [2.45, 2.75) is 38.0 Å². The van der Waals surface area contributed by atoms with Crippen LogP contribution >= 0.6 is 0 Å². The molecule has 1 heterocycles. The van der Waals surface area contributed by atoms with E-state index in [0.717, 1.165) is 18.5 Å². The van der Waals surface area contributed by atoms with Crippen molar-refractivity contribution in [2.24, 2.45) is 0 Å². The molecular weight excluding hydrogens is 308 g/mol. The summed E-state index contributed by atoms with van der Waals surface area (Å²) in [6.07, 6.45) is 4.36. The molecule has 1 aromatic heterocycles. The summed E-state index contributed by atoms with van der Waals surface area (Å²) in [5, 5.41) is 0. The molecule has 0 aliphatic rings. The Bertz CT molecular complexity index is 698. The van der Waals surface area contributed by atoms with Gasteiger partial charge >= 0.3 is 0 Å². The number of hydrogen-bond acceptors (Lipinski definition) is 3. The maximum Gasteiger partial charge on any atom is 0.243 e. The van der Waals surface area contributed by atoms with Gasteiger partial charge in [0, 0.05) is 31.4 Å². The van der Waals surface area contributed by atoms with Crippen molar-refractivity contribution in [3.8, 4) is 0 Å². The maximum atomic E-state index is 12.8. The highest BCUT2D eigenvalue weighted by atomic mass is 32.2. The van der Waals surface area contributed by atoms with E-state index in [1.54, 1.807) is 18.3 Å². The molecule has 0 radical (unpaired) electrons. The number of hydrogen-bond donors (Lipinski definition) is 0. The molecule has 4 nitrogen and oxygen atoms in total. The summed E-state index contributed by atoms with van der Waals surface area (Å²) < 4.78 is 27.0. The van der Waals surface area contributed by atoms with Crippen LogP contribution in [0.3, 0.4) is 0 Å². The van der Waals surface area contributed by atoms with Crippen molar-refractivity contribution in [2.75, 3.05) is 13.1 Å². The average molecular weight is 332 g/mol. The van der Waals surface area contributed by atoms with Gasteiger partial charge in [0.15, 0.2) is 0 Å². The van der Waals surface area contributed by atoms with Crippen LogP contribution < -0.4 is 0 Å². The molecule has 0 saturated carbocycles. The Kier molecular flexibility index (Phi) is 6.30. The van der Waals surface area contributed by atoms with E-state index in [1.807, 2.05) is 37.3 Å². The second kappa shape index (κ2) is 8.22. The number of rotatable bonds is 8. The van der Waals surface area contributed by atoms with E-state index in [4.69, 9.17) is 0 Å². The van der Waals surface area contributed by atoms with Crippen LogP contribution in [0.4, 0.5) is 0 Å². The lowest BCUT2D eigenvalue weighted by atomic mass is 10.1. The van der Waals surface area contributed by atoms with Crippen molar-refractivity contribution in [3.63, 3.8) is 0 Å². The molecule has 23 heavy (non-hydrogen) atoms. The minimum absolute atomic E-state index is 0.361. The number of pyridine rings is 1. The molecule has 2 aromatic rings. The molecule has 0 aliphatic heterocycles. The summed E-state index contributed by atoms with van der Waals surface area (Å²) in [7, 11) is -3.45. The Balaban J connectivity index is 2.11. The third-order valence-corrected chi connectivity index (χ3v) is 5.78. The number of aromatic nitrogens is 1. The fraction of sp³-hybridized carbons (Fsp3) is 0.389. The van der Waals surface area contributed by atoms with E-state index in [-0.39, 0.29) is 0 Å². The summed E-state index contributed by atoms with van der Waals surface area (Å²) in [5.41, 5.74) is 2.07. The van der Waals surface area contributed by atoms with Gasteiger partial charge in [0.25, 0.3) is 0 Å². The number of benzene rings is 1. The zero-order chi connectivity index (χ0) is 16.7. The van der Waals surface area contributed by atoms with Gasteiger partial charge in [-0.15, -0.1) is 0 Å². The van der Waals surface area contributed by atoms with Crippen molar-refractivity contribution >= 4 is 10.0 Å². The van der Waals surface area contributed by atoms with Crippen LogP contribution in [0.25, 0.3) is 0 Å². The zero-order valence-electron chi connectivity index (χ0n) is 13.8. The molecule has 2 rings (SSSR count). The fourth-order valence-corrected chi connectivity index (χ4v) is 3.95. The average Bonchev–Trinajstić information content (AvgIpc) is 2.57. The molecule has 0 saturated heterocycles.